The van der Waals surface area contributed by atoms with Crippen molar-refractivity contribution in [1.29, 1.82) is 0 Å². The van der Waals surface area contributed by atoms with E-state index in [9.17, 15) is 9.59 Å². The summed E-state index contributed by atoms with van der Waals surface area (Å²) < 4.78 is 5.75. The normalized spacial score (nSPS) is 10.6. The van der Waals surface area contributed by atoms with E-state index in [1.165, 1.54) is 23.1 Å². The predicted octanol–water partition coefficient (Wildman–Crippen LogP) is 2.68. The summed E-state index contributed by atoms with van der Waals surface area (Å²) in [7, 11) is 1.76. The second-order valence-electron chi connectivity index (χ2n) is 4.68. The van der Waals surface area contributed by atoms with E-state index in [-0.39, 0.29) is 18.1 Å². The summed E-state index contributed by atoms with van der Waals surface area (Å²) >= 11 is 2.68. The zero-order valence-electron chi connectivity index (χ0n) is 13.3. The van der Waals surface area contributed by atoms with Gasteiger partial charge in [-0.05, 0) is 20.8 Å². The zero-order chi connectivity index (χ0) is 17.0. The third kappa shape index (κ3) is 3.91. The molecule has 2 N–H and O–H groups in total. The van der Waals surface area contributed by atoms with Crippen molar-refractivity contribution in [1.82, 2.24) is 15.2 Å². The van der Waals surface area contributed by atoms with E-state index in [1.54, 1.807) is 27.8 Å². The minimum atomic E-state index is -0.476. The predicted molar refractivity (Wildman–Crippen MR) is 90.7 cm³/mol. The fraction of sp³-hybridized carbons (Fsp3) is 0.429. The van der Waals surface area contributed by atoms with Gasteiger partial charge in [-0.3, -0.25) is 4.79 Å². The topological polar surface area (TPSA) is 97.0 Å². The van der Waals surface area contributed by atoms with Gasteiger partial charge in [0.25, 0.3) is 0 Å². The number of esters is 1. The van der Waals surface area contributed by atoms with E-state index in [2.05, 4.69) is 20.5 Å². The van der Waals surface area contributed by atoms with E-state index in [0.717, 1.165) is 0 Å². The Labute approximate surface area is 142 Å². The zero-order valence-corrected chi connectivity index (χ0v) is 15.0. The minimum absolute atomic E-state index is 0.138. The third-order valence-corrected chi connectivity index (χ3v) is 5.15. The second-order valence-corrected chi connectivity index (χ2v) is 6.88. The molecule has 2 aromatic heterocycles. The monoisotopic (exact) mass is 354 g/mol. The number of aromatic amines is 1. The standard InChI is InChI=1S/C14H18N4O3S2/c1-5-21-12(20)11-8(3)16-7(2)10(11)9(19)6-22-14-18-17-13(15-4)23-14/h16H,5-6H2,1-4H3,(H,15,17). The summed E-state index contributed by atoms with van der Waals surface area (Å²) in [4.78, 5) is 27.7. The van der Waals surface area contributed by atoms with Gasteiger partial charge in [0.05, 0.1) is 23.5 Å². The third-order valence-electron chi connectivity index (χ3n) is 3.08. The molecule has 2 rings (SSSR count). The highest BCUT2D eigenvalue weighted by atomic mass is 32.2. The number of aromatic nitrogens is 3. The first kappa shape index (κ1) is 17.5. The summed E-state index contributed by atoms with van der Waals surface area (Å²) in [5.74, 6) is -0.430. The molecule has 0 aromatic carbocycles. The lowest BCUT2D eigenvalue weighted by Crippen LogP contribution is -2.13. The smallest absolute Gasteiger partial charge is 0.340 e. The molecule has 0 radical (unpaired) electrons. The molecule has 0 bridgehead atoms. The molecule has 9 heteroatoms. The lowest BCUT2D eigenvalue weighted by Gasteiger charge is -2.05. The van der Waals surface area contributed by atoms with Crippen LogP contribution in [0.1, 0.15) is 39.0 Å². The number of ketones is 1. The van der Waals surface area contributed by atoms with Crippen LogP contribution in [0.5, 0.6) is 0 Å². The molecule has 7 nitrogen and oxygen atoms in total. The number of nitrogens with one attached hydrogen (secondary N) is 2. The molecule has 0 atom stereocenters. The molecule has 2 heterocycles. The molecule has 124 valence electrons. The largest absolute Gasteiger partial charge is 0.462 e. The Morgan fingerprint density at radius 1 is 1.26 bits per heavy atom. The van der Waals surface area contributed by atoms with E-state index < -0.39 is 5.97 Å². The summed E-state index contributed by atoms with van der Waals surface area (Å²) in [6.45, 7) is 5.53. The van der Waals surface area contributed by atoms with Gasteiger partial charge in [0.2, 0.25) is 5.13 Å². The highest BCUT2D eigenvalue weighted by molar-refractivity contribution is 8.01. The van der Waals surface area contributed by atoms with E-state index >= 15 is 0 Å². The number of hydrogen-bond acceptors (Lipinski definition) is 8. The van der Waals surface area contributed by atoms with Gasteiger partial charge in [0, 0.05) is 18.4 Å². The molecular formula is C14H18N4O3S2. The van der Waals surface area contributed by atoms with Gasteiger partial charge in [-0.2, -0.15) is 0 Å². The van der Waals surface area contributed by atoms with Gasteiger partial charge in [-0.25, -0.2) is 4.79 Å². The van der Waals surface area contributed by atoms with Crippen LogP contribution in [0.4, 0.5) is 5.13 Å². The van der Waals surface area contributed by atoms with Gasteiger partial charge in [-0.1, -0.05) is 23.1 Å². The van der Waals surface area contributed by atoms with Crippen molar-refractivity contribution < 1.29 is 14.3 Å². The number of hydrogen-bond donors (Lipinski definition) is 2. The first-order valence-electron chi connectivity index (χ1n) is 7.01. The summed E-state index contributed by atoms with van der Waals surface area (Å²) in [6, 6.07) is 0. The van der Waals surface area contributed by atoms with Crippen LogP contribution < -0.4 is 5.32 Å². The summed E-state index contributed by atoms with van der Waals surface area (Å²) in [5, 5.41) is 11.5. The van der Waals surface area contributed by atoms with Gasteiger partial charge in [-0.15, -0.1) is 10.2 Å². The maximum Gasteiger partial charge on any atom is 0.340 e. The highest BCUT2D eigenvalue weighted by Crippen LogP contribution is 2.27. The maximum atomic E-state index is 12.6. The number of nitrogens with zero attached hydrogens (tertiary/aromatic N) is 2. The van der Waals surface area contributed by atoms with Crippen molar-refractivity contribution >= 4 is 40.0 Å². The van der Waals surface area contributed by atoms with Crippen molar-refractivity contribution in [3.05, 3.63) is 22.5 Å². The van der Waals surface area contributed by atoms with E-state index in [4.69, 9.17) is 4.74 Å². The maximum absolute atomic E-state index is 12.6. The lowest BCUT2D eigenvalue weighted by molar-refractivity contribution is 0.0522. The van der Waals surface area contributed by atoms with Gasteiger partial charge in [0.15, 0.2) is 10.1 Å². The Balaban J connectivity index is 2.16. The molecule has 0 saturated carbocycles. The first-order valence-corrected chi connectivity index (χ1v) is 8.81. The van der Waals surface area contributed by atoms with Crippen LogP contribution in [0.2, 0.25) is 0 Å². The van der Waals surface area contributed by atoms with Crippen LogP contribution in [-0.2, 0) is 4.74 Å². The number of ether oxygens (including phenoxy) is 1. The van der Waals surface area contributed by atoms with Crippen LogP contribution in [0, 0.1) is 13.8 Å². The Hall–Kier alpha value is -1.87. The Morgan fingerprint density at radius 2 is 1.96 bits per heavy atom. The number of carbonyl (C=O) groups is 2. The molecule has 0 aliphatic heterocycles. The average molecular weight is 354 g/mol. The van der Waals surface area contributed by atoms with Crippen LogP contribution in [0.3, 0.4) is 0 Å². The minimum Gasteiger partial charge on any atom is -0.462 e. The average Bonchev–Trinajstić information content (AvgIpc) is 3.08. The Kier molecular flexibility index (Phi) is 5.78. The van der Waals surface area contributed by atoms with Crippen LogP contribution in [0.25, 0.3) is 0 Å². The molecule has 0 aliphatic carbocycles. The Morgan fingerprint density at radius 3 is 2.57 bits per heavy atom. The number of carbonyl (C=O) groups excluding carboxylic acids is 2. The van der Waals surface area contributed by atoms with Crippen molar-refractivity contribution in [2.24, 2.45) is 0 Å². The second kappa shape index (κ2) is 7.60. The number of thioether (sulfide) groups is 1. The molecular weight excluding hydrogens is 336 g/mol. The van der Waals surface area contributed by atoms with E-state index in [1.807, 2.05) is 0 Å². The van der Waals surface area contributed by atoms with Crippen LogP contribution >= 0.6 is 23.1 Å². The number of anilines is 1. The number of Topliss-reactive ketones (excluding diaryl/α,β-unsaturated/α-hetero) is 1. The highest BCUT2D eigenvalue weighted by Gasteiger charge is 2.25. The van der Waals surface area contributed by atoms with Crippen LogP contribution in [-0.4, -0.2) is 46.3 Å². The molecule has 0 aliphatic rings. The molecule has 0 fully saturated rings. The lowest BCUT2D eigenvalue weighted by atomic mass is 10.1. The van der Waals surface area contributed by atoms with Crippen LogP contribution in [0.15, 0.2) is 4.34 Å². The molecule has 0 saturated heterocycles. The Bertz CT molecular complexity index is 724. The first-order chi connectivity index (χ1) is 11.0. The van der Waals surface area contributed by atoms with Gasteiger partial charge >= 0.3 is 5.97 Å². The van der Waals surface area contributed by atoms with Crippen molar-refractivity contribution in [2.45, 2.75) is 25.1 Å². The van der Waals surface area contributed by atoms with Crippen molar-refractivity contribution in [3.8, 4) is 0 Å². The number of aryl methyl sites for hydroxylation is 2. The summed E-state index contributed by atoms with van der Waals surface area (Å²) in [6.07, 6.45) is 0. The van der Waals surface area contributed by atoms with Gasteiger partial charge < -0.3 is 15.0 Å². The molecule has 0 unspecified atom stereocenters. The molecule has 0 amide bonds. The molecule has 23 heavy (non-hydrogen) atoms. The van der Waals surface area contributed by atoms with E-state index in [0.29, 0.717) is 32.0 Å². The fourth-order valence-corrected chi connectivity index (χ4v) is 3.73. The van der Waals surface area contributed by atoms with Crippen molar-refractivity contribution in [2.75, 3.05) is 24.7 Å². The molecule has 2 aromatic rings. The molecule has 0 spiro atoms. The SMILES string of the molecule is CCOC(=O)c1c(C)[nH]c(C)c1C(=O)CSc1nnc(NC)s1. The number of rotatable bonds is 7. The van der Waals surface area contributed by atoms with Gasteiger partial charge in [0.1, 0.15) is 0 Å². The summed E-state index contributed by atoms with van der Waals surface area (Å²) in [5.41, 5.74) is 2.03. The van der Waals surface area contributed by atoms with Crippen molar-refractivity contribution in [3.63, 3.8) is 0 Å². The quantitative estimate of drug-likeness (QED) is 0.448. The number of H-pyrrole nitrogens is 1. The fourth-order valence-electron chi connectivity index (χ4n) is 2.16.